The second-order valence-corrected chi connectivity index (χ2v) is 2.55. The average Bonchev–Trinajstić information content (AvgIpc) is 2.17. The van der Waals surface area contributed by atoms with Gasteiger partial charge in [-0.1, -0.05) is 15.9 Å². The maximum absolute atomic E-state index is 11.1. The summed E-state index contributed by atoms with van der Waals surface area (Å²) in [6.45, 7) is 0. The zero-order chi connectivity index (χ0) is 8.97. The van der Waals surface area contributed by atoms with E-state index in [2.05, 4.69) is 25.9 Å². The van der Waals surface area contributed by atoms with E-state index < -0.39 is 0 Å². The van der Waals surface area contributed by atoms with Gasteiger partial charge in [0, 0.05) is 6.20 Å². The molecule has 0 bridgehead atoms. The average molecular weight is 231 g/mol. The summed E-state index contributed by atoms with van der Waals surface area (Å²) in [6, 6.07) is 1.76. The number of carbonyl (C=O) groups is 1. The molecule has 0 aliphatic heterocycles. The van der Waals surface area contributed by atoms with Crippen molar-refractivity contribution in [3.05, 3.63) is 18.0 Å². The number of hydrogen-bond donors (Lipinski definition) is 0. The van der Waals surface area contributed by atoms with Gasteiger partial charge >= 0.3 is 6.01 Å². The largest absolute Gasteiger partial charge is 0.467 e. The Hall–Kier alpha value is -0.970. The van der Waals surface area contributed by atoms with Gasteiger partial charge in [-0.05, 0) is 6.07 Å². The normalized spacial score (nSPS) is 9.50. The molecule has 0 unspecified atom stereocenters. The molecule has 0 amide bonds. The first-order chi connectivity index (χ1) is 5.77. The summed E-state index contributed by atoms with van der Waals surface area (Å²) in [6.07, 6.45) is 1.49. The molecule has 0 fully saturated rings. The molecule has 0 radical (unpaired) electrons. The summed E-state index contributed by atoms with van der Waals surface area (Å²) in [5.41, 5.74) is 0.360. The fourth-order valence-electron chi connectivity index (χ4n) is 0.663. The molecule has 1 aromatic rings. The van der Waals surface area contributed by atoms with E-state index in [1.165, 1.54) is 13.3 Å². The number of nitrogens with zero attached hydrogens (tertiary/aromatic N) is 2. The van der Waals surface area contributed by atoms with Gasteiger partial charge in [-0.2, -0.15) is 4.98 Å². The topological polar surface area (TPSA) is 52.1 Å². The summed E-state index contributed by atoms with van der Waals surface area (Å²) >= 11 is 3.05. The third-order valence-electron chi connectivity index (χ3n) is 1.22. The van der Waals surface area contributed by atoms with Crippen LogP contribution in [0.15, 0.2) is 12.3 Å². The van der Waals surface area contributed by atoms with Crippen LogP contribution in [0.1, 0.15) is 10.5 Å². The Labute approximate surface area is 78.1 Å². The molecular weight excluding hydrogens is 224 g/mol. The fraction of sp³-hybridized carbons (Fsp3) is 0.286. The molecule has 1 heterocycles. The molecule has 64 valence electrons. The highest BCUT2D eigenvalue weighted by molar-refractivity contribution is 9.09. The number of halogens is 1. The molecule has 0 aliphatic carbocycles. The maximum Gasteiger partial charge on any atom is 0.316 e. The van der Waals surface area contributed by atoms with Crippen molar-refractivity contribution in [3.8, 4) is 6.01 Å². The van der Waals surface area contributed by atoms with Crippen molar-refractivity contribution in [1.82, 2.24) is 9.97 Å². The van der Waals surface area contributed by atoms with E-state index in [1.807, 2.05) is 0 Å². The molecule has 5 heteroatoms. The van der Waals surface area contributed by atoms with Gasteiger partial charge in [0.25, 0.3) is 0 Å². The van der Waals surface area contributed by atoms with Crippen LogP contribution in [-0.4, -0.2) is 28.2 Å². The molecule has 1 aromatic heterocycles. The predicted octanol–water partition coefficient (Wildman–Crippen LogP) is 1.06. The van der Waals surface area contributed by atoms with Crippen LogP contribution in [0, 0.1) is 0 Å². The van der Waals surface area contributed by atoms with E-state index in [1.54, 1.807) is 6.07 Å². The molecule has 0 saturated heterocycles. The van der Waals surface area contributed by atoms with Crippen LogP contribution in [0.5, 0.6) is 6.01 Å². The van der Waals surface area contributed by atoms with Gasteiger partial charge in [0.15, 0.2) is 5.78 Å². The van der Waals surface area contributed by atoms with Crippen LogP contribution in [0.3, 0.4) is 0 Å². The Morgan fingerprint density at radius 2 is 2.50 bits per heavy atom. The maximum atomic E-state index is 11.1. The molecule has 1 rings (SSSR count). The van der Waals surface area contributed by atoms with E-state index in [9.17, 15) is 4.79 Å². The van der Waals surface area contributed by atoms with Crippen LogP contribution in [0.4, 0.5) is 0 Å². The Morgan fingerprint density at radius 3 is 3.08 bits per heavy atom. The molecule has 4 nitrogen and oxygen atoms in total. The number of methoxy groups -OCH3 is 1. The number of aromatic nitrogens is 2. The highest BCUT2D eigenvalue weighted by atomic mass is 79.9. The number of carbonyl (C=O) groups excluding carboxylic acids is 1. The number of ketones is 1. The molecule has 0 N–H and O–H groups in total. The van der Waals surface area contributed by atoms with Gasteiger partial charge < -0.3 is 4.74 Å². The Bertz CT molecular complexity index is 290. The van der Waals surface area contributed by atoms with Crippen molar-refractivity contribution in [2.24, 2.45) is 0 Å². The summed E-state index contributed by atoms with van der Waals surface area (Å²) in [7, 11) is 1.46. The second-order valence-electron chi connectivity index (χ2n) is 1.99. The number of hydrogen-bond acceptors (Lipinski definition) is 4. The molecule has 0 aromatic carbocycles. The third-order valence-corrected chi connectivity index (χ3v) is 1.73. The van der Waals surface area contributed by atoms with Crippen molar-refractivity contribution in [2.45, 2.75) is 0 Å². The highest BCUT2D eigenvalue weighted by Gasteiger charge is 2.06. The van der Waals surface area contributed by atoms with E-state index >= 15 is 0 Å². The minimum absolute atomic E-state index is 0.0873. The summed E-state index contributed by atoms with van der Waals surface area (Å²) < 4.78 is 4.76. The van der Waals surface area contributed by atoms with E-state index in [-0.39, 0.29) is 17.1 Å². The zero-order valence-electron chi connectivity index (χ0n) is 6.45. The first kappa shape index (κ1) is 9.12. The van der Waals surface area contributed by atoms with E-state index in [0.29, 0.717) is 5.69 Å². The summed E-state index contributed by atoms with van der Waals surface area (Å²) in [5.74, 6) is -0.0873. The van der Waals surface area contributed by atoms with Crippen LogP contribution >= 0.6 is 15.9 Å². The van der Waals surface area contributed by atoms with Gasteiger partial charge in [0.05, 0.1) is 12.4 Å². The summed E-state index contributed by atoms with van der Waals surface area (Å²) in [5, 5.41) is 0.257. The SMILES string of the molecule is COc1nccc(C(=O)CBr)n1. The number of alkyl halides is 1. The van der Waals surface area contributed by atoms with Crippen LogP contribution in [-0.2, 0) is 0 Å². The predicted molar refractivity (Wildman–Crippen MR) is 46.7 cm³/mol. The van der Waals surface area contributed by atoms with Crippen molar-refractivity contribution in [2.75, 3.05) is 12.4 Å². The molecule has 12 heavy (non-hydrogen) atoms. The van der Waals surface area contributed by atoms with Crippen LogP contribution in [0.25, 0.3) is 0 Å². The van der Waals surface area contributed by atoms with E-state index in [4.69, 9.17) is 4.74 Å². The molecule has 0 saturated carbocycles. The molecule has 0 atom stereocenters. The zero-order valence-corrected chi connectivity index (χ0v) is 8.04. The van der Waals surface area contributed by atoms with Crippen LogP contribution in [0.2, 0.25) is 0 Å². The number of Topliss-reactive ketones (excluding diaryl/α,β-unsaturated/α-hetero) is 1. The lowest BCUT2D eigenvalue weighted by Gasteiger charge is -1.98. The third kappa shape index (κ3) is 2.01. The van der Waals surface area contributed by atoms with Crippen LogP contribution < -0.4 is 4.74 Å². The van der Waals surface area contributed by atoms with Crippen molar-refractivity contribution in [3.63, 3.8) is 0 Å². The van der Waals surface area contributed by atoms with Gasteiger partial charge in [-0.3, -0.25) is 4.79 Å². The monoisotopic (exact) mass is 230 g/mol. The van der Waals surface area contributed by atoms with Crippen molar-refractivity contribution < 1.29 is 9.53 Å². The molecule has 0 aliphatic rings. The second kappa shape index (κ2) is 4.15. The number of ether oxygens (including phenoxy) is 1. The smallest absolute Gasteiger partial charge is 0.316 e. The standard InChI is InChI=1S/C7H7BrN2O2/c1-12-7-9-3-2-5(10-7)6(11)4-8/h2-3H,4H2,1H3. The minimum atomic E-state index is -0.0873. The minimum Gasteiger partial charge on any atom is -0.467 e. The van der Waals surface area contributed by atoms with Crippen molar-refractivity contribution in [1.29, 1.82) is 0 Å². The van der Waals surface area contributed by atoms with Crippen molar-refractivity contribution >= 4 is 21.7 Å². The Balaban J connectivity index is 2.93. The molecular formula is C7H7BrN2O2. The lowest BCUT2D eigenvalue weighted by atomic mass is 10.3. The quantitative estimate of drug-likeness (QED) is 0.576. The summed E-state index contributed by atoms with van der Waals surface area (Å²) in [4.78, 5) is 18.7. The lowest BCUT2D eigenvalue weighted by Crippen LogP contribution is -2.04. The Kier molecular flexibility index (Phi) is 3.16. The lowest BCUT2D eigenvalue weighted by molar-refractivity contribution is 0.101. The van der Waals surface area contributed by atoms with E-state index in [0.717, 1.165) is 0 Å². The first-order valence-electron chi connectivity index (χ1n) is 3.24. The van der Waals surface area contributed by atoms with Gasteiger partial charge in [-0.25, -0.2) is 4.98 Å². The fourth-order valence-corrected chi connectivity index (χ4v) is 0.950. The Morgan fingerprint density at radius 1 is 1.75 bits per heavy atom. The highest BCUT2D eigenvalue weighted by Crippen LogP contribution is 2.03. The van der Waals surface area contributed by atoms with Gasteiger partial charge in [-0.15, -0.1) is 0 Å². The first-order valence-corrected chi connectivity index (χ1v) is 4.36. The molecule has 0 spiro atoms. The number of rotatable bonds is 3. The van der Waals surface area contributed by atoms with Gasteiger partial charge in [0.2, 0.25) is 0 Å². The van der Waals surface area contributed by atoms with Gasteiger partial charge in [0.1, 0.15) is 5.69 Å².